The van der Waals surface area contributed by atoms with Gasteiger partial charge in [-0.05, 0) is 45.9 Å². The van der Waals surface area contributed by atoms with Crippen molar-refractivity contribution in [3.05, 3.63) is 45.8 Å². The zero-order valence-corrected chi connectivity index (χ0v) is 17.8. The number of aryl methyl sites for hydroxylation is 2. The number of piperazine rings is 1. The minimum Gasteiger partial charge on any atom is -0.490 e. The van der Waals surface area contributed by atoms with Crippen LogP contribution in [-0.4, -0.2) is 53.1 Å². The normalized spacial score (nSPS) is 14.6. The maximum Gasteiger partial charge on any atom is 0.257 e. The Labute approximate surface area is 168 Å². The highest BCUT2D eigenvalue weighted by molar-refractivity contribution is 9.10. The molecule has 0 atom stereocenters. The van der Waals surface area contributed by atoms with Crippen LogP contribution >= 0.6 is 15.9 Å². The van der Waals surface area contributed by atoms with Crippen molar-refractivity contribution in [1.29, 1.82) is 0 Å². The van der Waals surface area contributed by atoms with Crippen molar-refractivity contribution < 1.29 is 9.53 Å². The van der Waals surface area contributed by atoms with Gasteiger partial charge in [-0.1, -0.05) is 15.9 Å². The molecule has 6 nitrogen and oxygen atoms in total. The molecule has 1 amide bonds. The van der Waals surface area contributed by atoms with Gasteiger partial charge in [0, 0.05) is 42.4 Å². The third-order valence-corrected chi connectivity index (χ3v) is 4.87. The average Bonchev–Trinajstić information content (AvgIpc) is 2.60. The summed E-state index contributed by atoms with van der Waals surface area (Å²) in [5.41, 5.74) is 1.57. The number of rotatable bonds is 4. The summed E-state index contributed by atoms with van der Waals surface area (Å²) in [6, 6.07) is 7.56. The van der Waals surface area contributed by atoms with Gasteiger partial charge in [0.05, 0.1) is 11.7 Å². The molecule has 0 radical (unpaired) electrons. The summed E-state index contributed by atoms with van der Waals surface area (Å²) in [6.45, 7) is 10.6. The van der Waals surface area contributed by atoms with Crippen molar-refractivity contribution in [2.24, 2.45) is 0 Å². The van der Waals surface area contributed by atoms with E-state index in [0.29, 0.717) is 24.4 Å². The fourth-order valence-corrected chi connectivity index (χ4v) is 3.53. The second-order valence-electron chi connectivity index (χ2n) is 7.00. The Morgan fingerprint density at radius 3 is 2.44 bits per heavy atom. The molecule has 2 aromatic rings. The lowest BCUT2D eigenvalue weighted by atomic mass is 10.1. The average molecular weight is 433 g/mol. The first kappa shape index (κ1) is 19.6. The summed E-state index contributed by atoms with van der Waals surface area (Å²) in [4.78, 5) is 26.0. The number of nitrogens with zero attached hydrogens (tertiary/aromatic N) is 4. The minimum atomic E-state index is 0.00643. The first-order chi connectivity index (χ1) is 12.8. The molecule has 0 bridgehead atoms. The molecular weight excluding hydrogens is 408 g/mol. The van der Waals surface area contributed by atoms with E-state index in [1.807, 2.05) is 56.9 Å². The number of hydrogen-bond acceptors (Lipinski definition) is 5. The van der Waals surface area contributed by atoms with Gasteiger partial charge in [0.2, 0.25) is 0 Å². The van der Waals surface area contributed by atoms with Crippen LogP contribution in [0.2, 0.25) is 0 Å². The van der Waals surface area contributed by atoms with Gasteiger partial charge in [-0.2, -0.15) is 0 Å². The first-order valence-corrected chi connectivity index (χ1v) is 9.95. The van der Waals surface area contributed by atoms with Gasteiger partial charge in [0.15, 0.2) is 0 Å². The van der Waals surface area contributed by atoms with Gasteiger partial charge >= 0.3 is 0 Å². The Morgan fingerprint density at radius 2 is 1.81 bits per heavy atom. The summed E-state index contributed by atoms with van der Waals surface area (Å²) in [6.07, 6.45) is 0.00643. The van der Waals surface area contributed by atoms with E-state index in [1.54, 1.807) is 0 Å². The molecule has 0 unspecified atom stereocenters. The quantitative estimate of drug-likeness (QED) is 0.738. The number of amides is 1. The second-order valence-corrected chi connectivity index (χ2v) is 7.92. The van der Waals surface area contributed by atoms with E-state index in [0.717, 1.165) is 34.9 Å². The van der Waals surface area contributed by atoms with E-state index in [-0.39, 0.29) is 12.0 Å². The van der Waals surface area contributed by atoms with Crippen molar-refractivity contribution in [2.75, 3.05) is 31.1 Å². The van der Waals surface area contributed by atoms with Crippen molar-refractivity contribution in [2.45, 2.75) is 33.8 Å². The number of ether oxygens (including phenoxy) is 1. The largest absolute Gasteiger partial charge is 0.490 e. The third-order valence-electron chi connectivity index (χ3n) is 4.38. The molecule has 0 saturated carbocycles. The Balaban J connectivity index is 1.72. The van der Waals surface area contributed by atoms with Crippen LogP contribution in [0.1, 0.15) is 35.7 Å². The fourth-order valence-electron chi connectivity index (χ4n) is 3.19. The molecule has 0 N–H and O–H groups in total. The van der Waals surface area contributed by atoms with Crippen molar-refractivity contribution >= 4 is 27.7 Å². The summed E-state index contributed by atoms with van der Waals surface area (Å²) in [5, 5.41) is 0. The number of anilines is 1. The highest BCUT2D eigenvalue weighted by Gasteiger charge is 2.25. The van der Waals surface area contributed by atoms with E-state index in [1.165, 1.54) is 0 Å². The summed E-state index contributed by atoms with van der Waals surface area (Å²) in [7, 11) is 0. The van der Waals surface area contributed by atoms with Gasteiger partial charge in [-0.3, -0.25) is 4.79 Å². The molecule has 27 heavy (non-hydrogen) atoms. The van der Waals surface area contributed by atoms with Crippen molar-refractivity contribution in [3.63, 3.8) is 0 Å². The Morgan fingerprint density at radius 1 is 1.11 bits per heavy atom. The number of carbonyl (C=O) groups is 1. The number of aromatic nitrogens is 2. The Hall–Kier alpha value is -2.15. The monoisotopic (exact) mass is 432 g/mol. The Bertz CT molecular complexity index is 812. The number of benzene rings is 1. The molecule has 144 valence electrons. The van der Waals surface area contributed by atoms with Crippen LogP contribution < -0.4 is 9.64 Å². The SMILES string of the molecule is Cc1cc(N2CCN(C(=O)c3ccc(Br)cc3OC(C)C)CC2)nc(C)n1. The highest BCUT2D eigenvalue weighted by atomic mass is 79.9. The second kappa shape index (κ2) is 8.25. The number of carbonyl (C=O) groups excluding carboxylic acids is 1. The van der Waals surface area contributed by atoms with E-state index in [2.05, 4.69) is 30.8 Å². The zero-order valence-electron chi connectivity index (χ0n) is 16.2. The van der Waals surface area contributed by atoms with Crippen LogP contribution in [0.15, 0.2) is 28.7 Å². The lowest BCUT2D eigenvalue weighted by molar-refractivity contribution is 0.0740. The maximum atomic E-state index is 13.1. The molecule has 1 aliphatic heterocycles. The number of halogens is 1. The zero-order chi connectivity index (χ0) is 19.6. The third kappa shape index (κ3) is 4.77. The summed E-state index contributed by atoms with van der Waals surface area (Å²) in [5.74, 6) is 2.33. The predicted molar refractivity (Wildman–Crippen MR) is 110 cm³/mol. The predicted octanol–water partition coefficient (Wildman–Crippen LogP) is 3.61. The maximum absolute atomic E-state index is 13.1. The lowest BCUT2D eigenvalue weighted by Gasteiger charge is -2.35. The molecular formula is C20H25BrN4O2. The molecule has 0 aliphatic carbocycles. The summed E-state index contributed by atoms with van der Waals surface area (Å²) < 4.78 is 6.75. The van der Waals surface area contributed by atoms with Crippen LogP contribution in [-0.2, 0) is 0 Å². The van der Waals surface area contributed by atoms with Gasteiger partial charge < -0.3 is 14.5 Å². The molecule has 1 fully saturated rings. The van der Waals surface area contributed by atoms with Gasteiger partial charge in [0.1, 0.15) is 17.4 Å². The number of hydrogen-bond donors (Lipinski definition) is 0. The van der Waals surface area contributed by atoms with E-state index >= 15 is 0 Å². The molecule has 2 heterocycles. The topological polar surface area (TPSA) is 58.6 Å². The summed E-state index contributed by atoms with van der Waals surface area (Å²) >= 11 is 3.45. The molecule has 7 heteroatoms. The fraction of sp³-hybridized carbons (Fsp3) is 0.450. The van der Waals surface area contributed by atoms with Crippen LogP contribution in [0.25, 0.3) is 0 Å². The smallest absolute Gasteiger partial charge is 0.257 e. The van der Waals surface area contributed by atoms with Gasteiger partial charge in [-0.25, -0.2) is 9.97 Å². The van der Waals surface area contributed by atoms with E-state index in [9.17, 15) is 4.79 Å². The standard InChI is InChI=1S/C20H25BrN4O2/c1-13(2)27-18-12-16(21)5-6-17(18)20(26)25-9-7-24(8-10-25)19-11-14(3)22-15(4)23-19/h5-6,11-13H,7-10H2,1-4H3. The molecule has 1 aromatic carbocycles. The minimum absolute atomic E-state index is 0.00643. The highest BCUT2D eigenvalue weighted by Crippen LogP contribution is 2.27. The van der Waals surface area contributed by atoms with Crippen molar-refractivity contribution in [1.82, 2.24) is 14.9 Å². The molecule has 1 saturated heterocycles. The van der Waals surface area contributed by atoms with E-state index < -0.39 is 0 Å². The van der Waals surface area contributed by atoms with Crippen LogP contribution in [0.5, 0.6) is 5.75 Å². The van der Waals surface area contributed by atoms with Crippen molar-refractivity contribution in [3.8, 4) is 5.75 Å². The lowest BCUT2D eigenvalue weighted by Crippen LogP contribution is -2.49. The first-order valence-electron chi connectivity index (χ1n) is 9.16. The van der Waals surface area contributed by atoms with Crippen LogP contribution in [0.4, 0.5) is 5.82 Å². The molecule has 3 rings (SSSR count). The van der Waals surface area contributed by atoms with E-state index in [4.69, 9.17) is 4.74 Å². The van der Waals surface area contributed by atoms with Crippen LogP contribution in [0.3, 0.4) is 0 Å². The molecule has 0 spiro atoms. The van der Waals surface area contributed by atoms with Gasteiger partial charge in [0.25, 0.3) is 5.91 Å². The van der Waals surface area contributed by atoms with Gasteiger partial charge in [-0.15, -0.1) is 0 Å². The molecule has 1 aromatic heterocycles. The molecule has 1 aliphatic rings. The van der Waals surface area contributed by atoms with Crippen LogP contribution in [0, 0.1) is 13.8 Å². The Kier molecular flexibility index (Phi) is 5.99.